The van der Waals surface area contributed by atoms with Crippen molar-refractivity contribution >= 4 is 5.97 Å². The van der Waals surface area contributed by atoms with Gasteiger partial charge in [0.1, 0.15) is 0 Å². The van der Waals surface area contributed by atoms with Crippen molar-refractivity contribution in [2.45, 2.75) is 33.6 Å². The molecule has 0 unspecified atom stereocenters. The Bertz CT molecular complexity index is 261. The number of nitriles is 1. The minimum absolute atomic E-state index is 0.284. The van der Waals surface area contributed by atoms with E-state index in [1.807, 2.05) is 6.07 Å². The molecule has 0 rings (SSSR count). The molecule has 0 radical (unpaired) electrons. The Morgan fingerprint density at radius 3 is 2.13 bits per heavy atom. The van der Waals surface area contributed by atoms with Gasteiger partial charge in [-0.25, -0.2) is 4.79 Å². The van der Waals surface area contributed by atoms with Crippen LogP contribution in [0.4, 0.5) is 0 Å². The second kappa shape index (κ2) is 10.5. The standard InChI is InChI=1S/C8H14O2.C4H5N/c1-4-5-6-10-8(9)7(2)3;1-4(2)3-5/h2,4-6H2,1,3H3;1H2,2H3. The van der Waals surface area contributed by atoms with Crippen LogP contribution in [0.1, 0.15) is 33.6 Å². The third-order valence-corrected chi connectivity index (χ3v) is 1.27. The summed E-state index contributed by atoms with van der Waals surface area (Å²) in [6.45, 7) is 12.7. The molecule has 0 aliphatic rings. The van der Waals surface area contributed by atoms with Gasteiger partial charge in [-0.05, 0) is 20.3 Å². The molecule has 0 aromatic rings. The summed E-state index contributed by atoms with van der Waals surface area (Å²) in [4.78, 5) is 10.7. The summed E-state index contributed by atoms with van der Waals surface area (Å²) >= 11 is 0. The Balaban J connectivity index is 0. The molecule has 0 saturated carbocycles. The van der Waals surface area contributed by atoms with E-state index in [4.69, 9.17) is 10.00 Å². The molecule has 0 aromatic heterocycles. The van der Waals surface area contributed by atoms with Crippen molar-refractivity contribution < 1.29 is 9.53 Å². The Morgan fingerprint density at radius 2 is 1.87 bits per heavy atom. The van der Waals surface area contributed by atoms with Crippen molar-refractivity contribution in [3.05, 3.63) is 24.3 Å². The lowest BCUT2D eigenvalue weighted by atomic mass is 10.3. The summed E-state index contributed by atoms with van der Waals surface area (Å²) in [5, 5.41) is 7.79. The van der Waals surface area contributed by atoms with Crippen LogP contribution in [0, 0.1) is 11.3 Å². The van der Waals surface area contributed by atoms with Gasteiger partial charge >= 0.3 is 5.97 Å². The molecule has 15 heavy (non-hydrogen) atoms. The predicted octanol–water partition coefficient (Wildman–Crippen LogP) is 2.99. The van der Waals surface area contributed by atoms with Crippen LogP contribution in [0.5, 0.6) is 0 Å². The second-order valence-electron chi connectivity index (χ2n) is 3.16. The fourth-order valence-corrected chi connectivity index (χ4v) is 0.432. The maximum absolute atomic E-state index is 10.7. The second-order valence-corrected chi connectivity index (χ2v) is 3.16. The van der Waals surface area contributed by atoms with Crippen molar-refractivity contribution in [3.63, 3.8) is 0 Å². The van der Waals surface area contributed by atoms with Crippen molar-refractivity contribution in [1.29, 1.82) is 5.26 Å². The van der Waals surface area contributed by atoms with E-state index in [2.05, 4.69) is 20.1 Å². The fraction of sp³-hybridized carbons (Fsp3) is 0.500. The van der Waals surface area contributed by atoms with Crippen molar-refractivity contribution in [3.8, 4) is 6.07 Å². The molecular formula is C12H19NO2. The van der Waals surface area contributed by atoms with Gasteiger partial charge in [0, 0.05) is 11.1 Å². The van der Waals surface area contributed by atoms with Gasteiger partial charge in [0.05, 0.1) is 12.7 Å². The SMILES string of the molecule is C=C(C)C#N.C=C(C)C(=O)OCCCC. The lowest BCUT2D eigenvalue weighted by molar-refractivity contribution is -0.139. The first-order valence-electron chi connectivity index (χ1n) is 4.83. The van der Waals surface area contributed by atoms with Crippen LogP contribution >= 0.6 is 0 Å². The summed E-state index contributed by atoms with van der Waals surface area (Å²) in [5.74, 6) is -0.284. The van der Waals surface area contributed by atoms with Crippen LogP contribution < -0.4 is 0 Å². The third-order valence-electron chi connectivity index (χ3n) is 1.27. The summed E-state index contributed by atoms with van der Waals surface area (Å²) in [5.41, 5.74) is 1.03. The van der Waals surface area contributed by atoms with E-state index in [9.17, 15) is 4.79 Å². The van der Waals surface area contributed by atoms with Crippen molar-refractivity contribution in [1.82, 2.24) is 0 Å². The van der Waals surface area contributed by atoms with Gasteiger partial charge in [-0.1, -0.05) is 26.5 Å². The number of allylic oxidation sites excluding steroid dienone is 1. The molecule has 0 saturated heterocycles. The van der Waals surface area contributed by atoms with E-state index in [1.165, 1.54) is 0 Å². The Morgan fingerprint density at radius 1 is 1.40 bits per heavy atom. The molecule has 3 nitrogen and oxygen atoms in total. The Kier molecular flexibility index (Phi) is 11.1. The van der Waals surface area contributed by atoms with Gasteiger partial charge in [0.15, 0.2) is 0 Å². The zero-order chi connectivity index (χ0) is 12.3. The zero-order valence-electron chi connectivity index (χ0n) is 9.80. The van der Waals surface area contributed by atoms with Crippen molar-refractivity contribution in [2.75, 3.05) is 6.61 Å². The van der Waals surface area contributed by atoms with Gasteiger partial charge < -0.3 is 4.74 Å². The topological polar surface area (TPSA) is 50.1 Å². The molecule has 0 atom stereocenters. The van der Waals surface area contributed by atoms with Crippen LogP contribution in [0.15, 0.2) is 24.3 Å². The predicted molar refractivity (Wildman–Crippen MR) is 61.1 cm³/mol. The number of carbonyl (C=O) groups excluding carboxylic acids is 1. The normalized spacial score (nSPS) is 7.87. The third kappa shape index (κ3) is 15.2. The Labute approximate surface area is 92.0 Å². The number of unbranched alkanes of at least 4 members (excludes halogenated alkanes) is 1. The smallest absolute Gasteiger partial charge is 0.333 e. The van der Waals surface area contributed by atoms with E-state index in [0.29, 0.717) is 17.8 Å². The summed E-state index contributed by atoms with van der Waals surface area (Å²) in [6.07, 6.45) is 1.97. The number of rotatable bonds is 4. The van der Waals surface area contributed by atoms with Gasteiger partial charge in [-0.15, -0.1) is 0 Å². The van der Waals surface area contributed by atoms with Crippen LogP contribution in [0.25, 0.3) is 0 Å². The van der Waals surface area contributed by atoms with E-state index in [-0.39, 0.29) is 5.97 Å². The first-order chi connectivity index (χ1) is 6.95. The van der Waals surface area contributed by atoms with Gasteiger partial charge in [0.25, 0.3) is 0 Å². The number of hydrogen-bond acceptors (Lipinski definition) is 3. The molecular weight excluding hydrogens is 190 g/mol. The molecule has 0 heterocycles. The maximum atomic E-state index is 10.7. The Hall–Kier alpha value is -1.56. The minimum Gasteiger partial charge on any atom is -0.462 e. The highest BCUT2D eigenvalue weighted by molar-refractivity contribution is 5.86. The van der Waals surface area contributed by atoms with Gasteiger partial charge in [-0.3, -0.25) is 0 Å². The largest absolute Gasteiger partial charge is 0.462 e. The maximum Gasteiger partial charge on any atom is 0.333 e. The summed E-state index contributed by atoms with van der Waals surface area (Å²) in [7, 11) is 0. The van der Waals surface area contributed by atoms with Crippen LogP contribution in [0.3, 0.4) is 0 Å². The molecule has 0 aliphatic carbocycles. The number of nitrogens with zero attached hydrogens (tertiary/aromatic N) is 1. The molecule has 0 amide bonds. The van der Waals surface area contributed by atoms with Crippen LogP contribution in [-0.4, -0.2) is 12.6 Å². The molecule has 0 bridgehead atoms. The summed E-state index contributed by atoms with van der Waals surface area (Å²) < 4.78 is 4.81. The first kappa shape index (κ1) is 15.9. The highest BCUT2D eigenvalue weighted by Gasteiger charge is 2.00. The minimum atomic E-state index is -0.284. The van der Waals surface area contributed by atoms with Crippen LogP contribution in [-0.2, 0) is 9.53 Å². The number of hydrogen-bond donors (Lipinski definition) is 0. The van der Waals surface area contributed by atoms with E-state index >= 15 is 0 Å². The van der Waals surface area contributed by atoms with Gasteiger partial charge in [0.2, 0.25) is 0 Å². The quantitative estimate of drug-likeness (QED) is 0.309. The van der Waals surface area contributed by atoms with E-state index in [0.717, 1.165) is 12.8 Å². The lowest BCUT2D eigenvalue weighted by Crippen LogP contribution is -2.05. The molecule has 0 aromatic carbocycles. The van der Waals surface area contributed by atoms with Crippen LogP contribution in [0.2, 0.25) is 0 Å². The molecule has 3 heteroatoms. The number of esters is 1. The number of ether oxygens (including phenoxy) is 1. The van der Waals surface area contributed by atoms with E-state index < -0.39 is 0 Å². The van der Waals surface area contributed by atoms with Gasteiger partial charge in [-0.2, -0.15) is 5.26 Å². The average Bonchev–Trinajstić information content (AvgIpc) is 2.18. The highest BCUT2D eigenvalue weighted by atomic mass is 16.5. The molecule has 0 aliphatic heterocycles. The molecule has 84 valence electrons. The fourth-order valence-electron chi connectivity index (χ4n) is 0.432. The lowest BCUT2D eigenvalue weighted by Gasteiger charge is -2.01. The zero-order valence-corrected chi connectivity index (χ0v) is 9.80. The molecule has 0 N–H and O–H groups in total. The number of carbonyl (C=O) groups is 1. The monoisotopic (exact) mass is 209 g/mol. The highest BCUT2D eigenvalue weighted by Crippen LogP contribution is 1.94. The molecule has 0 fully saturated rings. The average molecular weight is 209 g/mol. The van der Waals surface area contributed by atoms with E-state index in [1.54, 1.807) is 13.8 Å². The first-order valence-corrected chi connectivity index (χ1v) is 4.83. The van der Waals surface area contributed by atoms with Crippen molar-refractivity contribution in [2.24, 2.45) is 0 Å². The molecule has 0 spiro atoms. The summed E-state index contributed by atoms with van der Waals surface area (Å²) in [6, 6.07) is 1.83.